The van der Waals surface area contributed by atoms with E-state index in [-0.39, 0.29) is 23.4 Å². The van der Waals surface area contributed by atoms with Gasteiger partial charge in [-0.2, -0.15) is 0 Å². The number of nitrogens with zero attached hydrogens (tertiary/aromatic N) is 1. The average molecular weight is 337 g/mol. The van der Waals surface area contributed by atoms with E-state index in [1.807, 2.05) is 20.8 Å². The Labute approximate surface area is 143 Å². The van der Waals surface area contributed by atoms with Crippen LogP contribution in [0.1, 0.15) is 61.0 Å². The third kappa shape index (κ3) is 6.66. The van der Waals surface area contributed by atoms with Crippen molar-refractivity contribution >= 4 is 11.9 Å². The summed E-state index contributed by atoms with van der Waals surface area (Å²) in [5.74, 6) is -0.911. The number of methoxy groups -OCH3 is 1. The molecule has 0 N–H and O–H groups in total. The van der Waals surface area contributed by atoms with Gasteiger partial charge in [-0.15, -0.1) is 0 Å². The second kappa shape index (κ2) is 10.8. The molecule has 0 saturated heterocycles. The molecule has 2 atom stereocenters. The van der Waals surface area contributed by atoms with E-state index in [0.29, 0.717) is 13.2 Å². The van der Waals surface area contributed by atoms with Crippen LogP contribution in [-0.2, 0) is 14.2 Å². The van der Waals surface area contributed by atoms with E-state index in [4.69, 9.17) is 14.2 Å². The number of unbranched alkanes of at least 4 members (excludes halogenated alkanes) is 1. The summed E-state index contributed by atoms with van der Waals surface area (Å²) in [6, 6.07) is 4.65. The molecule has 1 rings (SSSR count). The Kier molecular flexibility index (Phi) is 9.01. The number of esters is 2. The van der Waals surface area contributed by atoms with Crippen molar-refractivity contribution < 1.29 is 23.8 Å². The van der Waals surface area contributed by atoms with Crippen molar-refractivity contribution in [3.05, 3.63) is 29.6 Å². The second-order valence-corrected chi connectivity index (χ2v) is 5.77. The van der Waals surface area contributed by atoms with Crippen LogP contribution in [0.2, 0.25) is 0 Å². The van der Waals surface area contributed by atoms with E-state index < -0.39 is 11.9 Å². The molecule has 0 aliphatic carbocycles. The molecule has 0 aliphatic rings. The van der Waals surface area contributed by atoms with Crippen molar-refractivity contribution in [3.8, 4) is 0 Å². The zero-order valence-corrected chi connectivity index (χ0v) is 14.9. The molecule has 1 aromatic rings. The van der Waals surface area contributed by atoms with Gasteiger partial charge >= 0.3 is 11.9 Å². The highest BCUT2D eigenvalue weighted by molar-refractivity contribution is 5.91. The molecule has 24 heavy (non-hydrogen) atoms. The second-order valence-electron chi connectivity index (χ2n) is 5.77. The standard InChI is InChI=1S/C18H27NO5/c1-5-6-11-23-17(20)15-8-7-9-16(19-15)18(21)24-14(3)13(2)10-12-22-4/h7-9,13-14H,5-6,10-12H2,1-4H3. The van der Waals surface area contributed by atoms with Crippen molar-refractivity contribution in [2.75, 3.05) is 20.3 Å². The number of carbonyl (C=O) groups is 2. The fraction of sp³-hybridized carbons (Fsp3) is 0.611. The van der Waals surface area contributed by atoms with Crippen LogP contribution in [0.3, 0.4) is 0 Å². The van der Waals surface area contributed by atoms with Crippen molar-refractivity contribution in [2.45, 2.75) is 46.1 Å². The Morgan fingerprint density at radius 2 is 1.79 bits per heavy atom. The average Bonchev–Trinajstić information content (AvgIpc) is 2.59. The van der Waals surface area contributed by atoms with Crippen molar-refractivity contribution in [3.63, 3.8) is 0 Å². The molecule has 0 amide bonds. The van der Waals surface area contributed by atoms with Gasteiger partial charge in [0.25, 0.3) is 0 Å². The van der Waals surface area contributed by atoms with Gasteiger partial charge in [0.1, 0.15) is 17.5 Å². The first-order valence-electron chi connectivity index (χ1n) is 8.33. The van der Waals surface area contributed by atoms with E-state index in [0.717, 1.165) is 19.3 Å². The highest BCUT2D eigenvalue weighted by Gasteiger charge is 2.20. The summed E-state index contributed by atoms with van der Waals surface area (Å²) < 4.78 is 15.5. The molecule has 6 nitrogen and oxygen atoms in total. The maximum absolute atomic E-state index is 12.2. The first-order chi connectivity index (χ1) is 11.5. The summed E-state index contributed by atoms with van der Waals surface area (Å²) in [7, 11) is 1.64. The Morgan fingerprint density at radius 1 is 1.12 bits per heavy atom. The number of aromatic nitrogens is 1. The lowest BCUT2D eigenvalue weighted by Gasteiger charge is -2.19. The third-order valence-electron chi connectivity index (χ3n) is 3.77. The Hall–Kier alpha value is -1.95. The predicted octanol–water partition coefficient (Wildman–Crippen LogP) is 3.26. The molecule has 6 heteroatoms. The summed E-state index contributed by atoms with van der Waals surface area (Å²) in [4.78, 5) is 28.1. The molecular weight excluding hydrogens is 310 g/mol. The maximum Gasteiger partial charge on any atom is 0.357 e. The van der Waals surface area contributed by atoms with Gasteiger partial charge in [0, 0.05) is 13.7 Å². The van der Waals surface area contributed by atoms with Crippen LogP contribution in [0.25, 0.3) is 0 Å². The number of hydrogen-bond acceptors (Lipinski definition) is 6. The maximum atomic E-state index is 12.2. The summed E-state index contributed by atoms with van der Waals surface area (Å²) in [5.41, 5.74) is 0.214. The Morgan fingerprint density at radius 3 is 2.42 bits per heavy atom. The quantitative estimate of drug-likeness (QED) is 0.482. The van der Waals surface area contributed by atoms with Gasteiger partial charge in [-0.3, -0.25) is 0 Å². The number of ether oxygens (including phenoxy) is 3. The summed E-state index contributed by atoms with van der Waals surface area (Å²) in [6.07, 6.45) is 2.26. The zero-order chi connectivity index (χ0) is 17.9. The van der Waals surface area contributed by atoms with Crippen LogP contribution in [0, 0.1) is 5.92 Å². The SMILES string of the molecule is CCCCOC(=O)c1cccc(C(=O)OC(C)C(C)CCOC)n1. The van der Waals surface area contributed by atoms with Crippen LogP contribution in [0.4, 0.5) is 0 Å². The fourth-order valence-corrected chi connectivity index (χ4v) is 1.93. The lowest BCUT2D eigenvalue weighted by molar-refractivity contribution is 0.0167. The fourth-order valence-electron chi connectivity index (χ4n) is 1.93. The highest BCUT2D eigenvalue weighted by atomic mass is 16.5. The van der Waals surface area contributed by atoms with Crippen molar-refractivity contribution in [1.29, 1.82) is 0 Å². The minimum atomic E-state index is -0.546. The molecule has 0 saturated carbocycles. The highest BCUT2D eigenvalue weighted by Crippen LogP contribution is 2.14. The van der Waals surface area contributed by atoms with Crippen molar-refractivity contribution in [1.82, 2.24) is 4.98 Å². The summed E-state index contributed by atoms with van der Waals surface area (Å²) >= 11 is 0. The first-order valence-corrected chi connectivity index (χ1v) is 8.33. The number of rotatable bonds is 10. The smallest absolute Gasteiger partial charge is 0.357 e. The van der Waals surface area contributed by atoms with Gasteiger partial charge in [-0.1, -0.05) is 26.3 Å². The van der Waals surface area contributed by atoms with Crippen LogP contribution >= 0.6 is 0 Å². The molecule has 0 radical (unpaired) electrons. The molecule has 134 valence electrons. The number of pyridine rings is 1. The zero-order valence-electron chi connectivity index (χ0n) is 14.9. The van der Waals surface area contributed by atoms with Gasteiger partial charge in [0.15, 0.2) is 0 Å². The van der Waals surface area contributed by atoms with E-state index in [1.165, 1.54) is 12.1 Å². The largest absolute Gasteiger partial charge is 0.461 e. The summed E-state index contributed by atoms with van der Waals surface area (Å²) in [5, 5.41) is 0. The van der Waals surface area contributed by atoms with E-state index in [2.05, 4.69) is 4.98 Å². The number of hydrogen-bond donors (Lipinski definition) is 0. The molecule has 0 spiro atoms. The molecular formula is C18H27NO5. The van der Waals surface area contributed by atoms with Crippen LogP contribution in [0.15, 0.2) is 18.2 Å². The molecule has 1 aromatic heterocycles. The van der Waals surface area contributed by atoms with Gasteiger partial charge < -0.3 is 14.2 Å². The first kappa shape index (κ1) is 20.1. The molecule has 0 fully saturated rings. The van der Waals surface area contributed by atoms with Crippen LogP contribution in [-0.4, -0.2) is 43.4 Å². The van der Waals surface area contributed by atoms with E-state index in [9.17, 15) is 9.59 Å². The lowest BCUT2D eigenvalue weighted by Crippen LogP contribution is -2.24. The normalized spacial score (nSPS) is 13.2. The third-order valence-corrected chi connectivity index (χ3v) is 3.77. The van der Waals surface area contributed by atoms with Crippen LogP contribution < -0.4 is 0 Å². The lowest BCUT2D eigenvalue weighted by atomic mass is 10.0. The van der Waals surface area contributed by atoms with Gasteiger partial charge in [0.05, 0.1) is 6.61 Å². The predicted molar refractivity (Wildman–Crippen MR) is 90.0 cm³/mol. The van der Waals surface area contributed by atoms with Crippen LogP contribution in [0.5, 0.6) is 0 Å². The summed E-state index contributed by atoms with van der Waals surface area (Å²) in [6.45, 7) is 6.80. The Bertz CT molecular complexity index is 532. The van der Waals surface area contributed by atoms with Crippen molar-refractivity contribution in [2.24, 2.45) is 5.92 Å². The van der Waals surface area contributed by atoms with Gasteiger partial charge in [-0.25, -0.2) is 14.6 Å². The van der Waals surface area contributed by atoms with E-state index in [1.54, 1.807) is 13.2 Å². The number of carbonyl (C=O) groups excluding carboxylic acids is 2. The molecule has 0 aliphatic heterocycles. The van der Waals surface area contributed by atoms with Gasteiger partial charge in [0.2, 0.25) is 0 Å². The molecule has 1 heterocycles. The monoisotopic (exact) mass is 337 g/mol. The molecule has 2 unspecified atom stereocenters. The molecule has 0 aromatic carbocycles. The minimum Gasteiger partial charge on any atom is -0.461 e. The molecule has 0 bridgehead atoms. The Balaban J connectivity index is 2.64. The topological polar surface area (TPSA) is 74.7 Å². The van der Waals surface area contributed by atoms with Gasteiger partial charge in [-0.05, 0) is 37.8 Å². The minimum absolute atomic E-state index is 0.103. The van der Waals surface area contributed by atoms with E-state index >= 15 is 0 Å².